The van der Waals surface area contributed by atoms with E-state index < -0.39 is 6.10 Å². The Labute approximate surface area is 79.7 Å². The lowest BCUT2D eigenvalue weighted by molar-refractivity contribution is 0.215. The molecular weight excluding hydrogens is 160 g/mol. The van der Waals surface area contributed by atoms with Crippen molar-refractivity contribution in [2.24, 2.45) is 0 Å². The zero-order chi connectivity index (χ0) is 9.68. The lowest BCUT2D eigenvalue weighted by atomic mass is 10.0. The Bertz CT molecular complexity index is 274. The molecule has 1 aromatic carbocycles. The summed E-state index contributed by atoms with van der Waals surface area (Å²) >= 11 is 0. The van der Waals surface area contributed by atoms with Gasteiger partial charge in [-0.3, -0.25) is 0 Å². The van der Waals surface area contributed by atoms with Crippen LogP contribution in [0.25, 0.3) is 0 Å². The minimum absolute atomic E-state index is 0.443. The lowest BCUT2D eigenvalue weighted by Crippen LogP contribution is -1.98. The average molecular weight is 176 g/mol. The lowest BCUT2D eigenvalue weighted by Gasteiger charge is -2.11. The highest BCUT2D eigenvalue weighted by Gasteiger charge is 2.07. The molecule has 0 aliphatic carbocycles. The molecule has 0 aliphatic rings. The van der Waals surface area contributed by atoms with Crippen LogP contribution in [0.15, 0.2) is 42.0 Å². The van der Waals surface area contributed by atoms with E-state index in [1.54, 1.807) is 0 Å². The van der Waals surface area contributed by atoms with Crippen molar-refractivity contribution < 1.29 is 5.11 Å². The van der Waals surface area contributed by atoms with Crippen LogP contribution in [-0.4, -0.2) is 5.11 Å². The van der Waals surface area contributed by atoms with Gasteiger partial charge in [-0.25, -0.2) is 0 Å². The molecule has 0 unspecified atom stereocenters. The van der Waals surface area contributed by atoms with Gasteiger partial charge in [0.2, 0.25) is 0 Å². The van der Waals surface area contributed by atoms with Crippen molar-refractivity contribution in [3.05, 3.63) is 47.5 Å². The van der Waals surface area contributed by atoms with Crippen molar-refractivity contribution in [2.75, 3.05) is 0 Å². The SMILES string of the molecule is CC/C=C(\C)[C@H](O)c1ccccc1. The fourth-order valence-corrected chi connectivity index (χ4v) is 1.33. The Morgan fingerprint density at radius 2 is 2.00 bits per heavy atom. The molecule has 0 saturated heterocycles. The second-order valence-electron chi connectivity index (χ2n) is 3.17. The van der Waals surface area contributed by atoms with Crippen LogP contribution in [0.1, 0.15) is 31.9 Å². The molecule has 1 rings (SSSR count). The van der Waals surface area contributed by atoms with Crippen molar-refractivity contribution in [3.8, 4) is 0 Å². The van der Waals surface area contributed by atoms with Crippen molar-refractivity contribution in [3.63, 3.8) is 0 Å². The van der Waals surface area contributed by atoms with E-state index >= 15 is 0 Å². The molecule has 0 heterocycles. The first-order chi connectivity index (χ1) is 6.25. The van der Waals surface area contributed by atoms with Gasteiger partial charge in [0.15, 0.2) is 0 Å². The number of benzene rings is 1. The summed E-state index contributed by atoms with van der Waals surface area (Å²) in [6, 6.07) is 9.72. The Hall–Kier alpha value is -1.08. The number of hydrogen-bond acceptors (Lipinski definition) is 1. The molecule has 0 amide bonds. The molecule has 13 heavy (non-hydrogen) atoms. The normalized spacial score (nSPS) is 14.2. The van der Waals surface area contributed by atoms with E-state index in [1.165, 1.54) is 0 Å². The molecule has 1 nitrogen and oxygen atoms in total. The van der Waals surface area contributed by atoms with Gasteiger partial charge in [-0.2, -0.15) is 0 Å². The predicted molar refractivity (Wildman–Crippen MR) is 55.4 cm³/mol. The highest BCUT2D eigenvalue weighted by atomic mass is 16.3. The number of rotatable bonds is 3. The van der Waals surface area contributed by atoms with Gasteiger partial charge in [0.1, 0.15) is 0 Å². The first-order valence-electron chi connectivity index (χ1n) is 4.65. The van der Waals surface area contributed by atoms with E-state index in [0.29, 0.717) is 0 Å². The van der Waals surface area contributed by atoms with Gasteiger partial charge in [0.05, 0.1) is 6.10 Å². The van der Waals surface area contributed by atoms with E-state index in [9.17, 15) is 5.11 Å². The third kappa shape index (κ3) is 2.71. The third-order valence-corrected chi connectivity index (χ3v) is 2.07. The molecule has 1 heteroatoms. The summed E-state index contributed by atoms with van der Waals surface area (Å²) in [5.41, 5.74) is 1.98. The summed E-state index contributed by atoms with van der Waals surface area (Å²) in [7, 11) is 0. The molecule has 1 aromatic rings. The van der Waals surface area contributed by atoms with Gasteiger partial charge in [-0.15, -0.1) is 0 Å². The third-order valence-electron chi connectivity index (χ3n) is 2.07. The Morgan fingerprint density at radius 3 is 2.54 bits per heavy atom. The average Bonchev–Trinajstić information content (AvgIpc) is 2.18. The maximum atomic E-state index is 9.85. The van der Waals surface area contributed by atoms with Gasteiger partial charge in [-0.05, 0) is 24.5 Å². The van der Waals surface area contributed by atoms with E-state index in [4.69, 9.17) is 0 Å². The minimum Gasteiger partial charge on any atom is -0.384 e. The smallest absolute Gasteiger partial charge is 0.0998 e. The van der Waals surface area contributed by atoms with Crippen molar-refractivity contribution in [2.45, 2.75) is 26.4 Å². The standard InChI is InChI=1S/C12H16O/c1-3-7-10(2)12(13)11-8-5-4-6-9-11/h4-9,12-13H,3H2,1-2H3/b10-7+/t12-/m0/s1. The van der Waals surface area contributed by atoms with Crippen LogP contribution in [0.5, 0.6) is 0 Å². The van der Waals surface area contributed by atoms with Crippen molar-refractivity contribution in [1.29, 1.82) is 0 Å². The predicted octanol–water partition coefficient (Wildman–Crippen LogP) is 3.08. The molecule has 0 radical (unpaired) electrons. The van der Waals surface area contributed by atoms with Crippen LogP contribution in [0.3, 0.4) is 0 Å². The van der Waals surface area contributed by atoms with Crippen LogP contribution in [0.4, 0.5) is 0 Å². The Morgan fingerprint density at radius 1 is 1.38 bits per heavy atom. The summed E-state index contributed by atoms with van der Waals surface area (Å²) in [5.74, 6) is 0. The van der Waals surface area contributed by atoms with E-state index in [0.717, 1.165) is 17.6 Å². The second-order valence-corrected chi connectivity index (χ2v) is 3.17. The first-order valence-corrected chi connectivity index (χ1v) is 4.65. The zero-order valence-corrected chi connectivity index (χ0v) is 8.20. The number of aliphatic hydroxyl groups is 1. The Balaban J connectivity index is 2.79. The first kappa shape index (κ1) is 10.0. The van der Waals surface area contributed by atoms with Crippen molar-refractivity contribution in [1.82, 2.24) is 0 Å². The van der Waals surface area contributed by atoms with Crippen LogP contribution >= 0.6 is 0 Å². The number of hydrogen-bond donors (Lipinski definition) is 1. The summed E-state index contributed by atoms with van der Waals surface area (Å²) < 4.78 is 0. The molecule has 1 N–H and O–H groups in total. The van der Waals surface area contributed by atoms with Gasteiger partial charge < -0.3 is 5.11 Å². The molecular formula is C12H16O. The maximum absolute atomic E-state index is 9.85. The highest BCUT2D eigenvalue weighted by Crippen LogP contribution is 2.20. The van der Waals surface area contributed by atoms with Gasteiger partial charge >= 0.3 is 0 Å². The molecule has 1 atom stereocenters. The molecule has 70 valence electrons. The van der Waals surface area contributed by atoms with Crippen LogP contribution < -0.4 is 0 Å². The van der Waals surface area contributed by atoms with Crippen molar-refractivity contribution >= 4 is 0 Å². The van der Waals surface area contributed by atoms with Gasteiger partial charge in [-0.1, -0.05) is 43.3 Å². The number of allylic oxidation sites excluding steroid dienone is 1. The second kappa shape index (κ2) is 4.83. The van der Waals surface area contributed by atoms with E-state index in [1.807, 2.05) is 37.3 Å². The molecule has 0 saturated carbocycles. The molecule has 0 fully saturated rings. The fourth-order valence-electron chi connectivity index (χ4n) is 1.33. The monoisotopic (exact) mass is 176 g/mol. The van der Waals surface area contributed by atoms with E-state index in [-0.39, 0.29) is 0 Å². The summed E-state index contributed by atoms with van der Waals surface area (Å²) in [5, 5.41) is 9.85. The molecule has 0 spiro atoms. The van der Waals surface area contributed by atoms with Gasteiger partial charge in [0.25, 0.3) is 0 Å². The summed E-state index contributed by atoms with van der Waals surface area (Å²) in [6.45, 7) is 4.03. The summed E-state index contributed by atoms with van der Waals surface area (Å²) in [6.07, 6.45) is 2.58. The van der Waals surface area contributed by atoms with Crippen LogP contribution in [0, 0.1) is 0 Å². The van der Waals surface area contributed by atoms with E-state index in [2.05, 4.69) is 13.0 Å². The highest BCUT2D eigenvalue weighted by molar-refractivity contribution is 5.24. The fraction of sp³-hybridized carbons (Fsp3) is 0.333. The topological polar surface area (TPSA) is 20.2 Å². The van der Waals surface area contributed by atoms with Crippen LogP contribution in [-0.2, 0) is 0 Å². The number of aliphatic hydroxyl groups excluding tert-OH is 1. The zero-order valence-electron chi connectivity index (χ0n) is 8.20. The van der Waals surface area contributed by atoms with Crippen LogP contribution in [0.2, 0.25) is 0 Å². The molecule has 0 bridgehead atoms. The Kier molecular flexibility index (Phi) is 3.71. The minimum atomic E-state index is -0.443. The maximum Gasteiger partial charge on any atom is 0.0998 e. The quantitative estimate of drug-likeness (QED) is 0.702. The molecule has 0 aliphatic heterocycles. The van der Waals surface area contributed by atoms with Gasteiger partial charge in [0, 0.05) is 0 Å². The molecule has 0 aromatic heterocycles. The largest absolute Gasteiger partial charge is 0.384 e. The summed E-state index contributed by atoms with van der Waals surface area (Å²) in [4.78, 5) is 0.